The summed E-state index contributed by atoms with van der Waals surface area (Å²) in [7, 11) is 0. The van der Waals surface area contributed by atoms with Gasteiger partial charge in [-0.2, -0.15) is 0 Å². The molecule has 2 nitrogen and oxygen atoms in total. The molecule has 0 aliphatic heterocycles. The van der Waals surface area contributed by atoms with E-state index in [1.807, 2.05) is 6.07 Å². The number of hydrogen-bond donors (Lipinski definition) is 1. The van der Waals surface area contributed by atoms with Crippen molar-refractivity contribution in [3.8, 4) is 0 Å². The standard InChI is InChI=1S/C13H21NOS/c1-2-3-4-5-6-8-12(14-15)11-13-9-7-10-16-13/h7,9-10,15H,2-6,8,11H2,1H3/b14-12-. The van der Waals surface area contributed by atoms with Gasteiger partial charge in [0.1, 0.15) is 0 Å². The van der Waals surface area contributed by atoms with E-state index in [0.29, 0.717) is 0 Å². The van der Waals surface area contributed by atoms with E-state index in [1.165, 1.54) is 30.6 Å². The van der Waals surface area contributed by atoms with Crippen molar-refractivity contribution in [1.82, 2.24) is 0 Å². The van der Waals surface area contributed by atoms with Crippen LogP contribution in [0.4, 0.5) is 0 Å². The molecule has 3 heteroatoms. The number of hydrogen-bond acceptors (Lipinski definition) is 3. The molecule has 1 aromatic heterocycles. The smallest absolute Gasteiger partial charge is 0.0622 e. The van der Waals surface area contributed by atoms with Crippen molar-refractivity contribution in [3.05, 3.63) is 22.4 Å². The fraction of sp³-hybridized carbons (Fsp3) is 0.615. The van der Waals surface area contributed by atoms with Crippen LogP contribution < -0.4 is 0 Å². The Kier molecular flexibility index (Phi) is 6.90. The highest BCUT2D eigenvalue weighted by Crippen LogP contribution is 2.13. The number of oxime groups is 1. The fourth-order valence-electron chi connectivity index (χ4n) is 1.72. The second kappa shape index (κ2) is 8.34. The molecule has 0 saturated heterocycles. The minimum Gasteiger partial charge on any atom is -0.411 e. The maximum atomic E-state index is 8.92. The van der Waals surface area contributed by atoms with Gasteiger partial charge in [0.2, 0.25) is 0 Å². The average Bonchev–Trinajstić information content (AvgIpc) is 2.80. The Morgan fingerprint density at radius 1 is 1.31 bits per heavy atom. The quantitative estimate of drug-likeness (QED) is 0.308. The third-order valence-electron chi connectivity index (χ3n) is 2.67. The molecule has 0 amide bonds. The summed E-state index contributed by atoms with van der Waals surface area (Å²) in [6.45, 7) is 2.22. The van der Waals surface area contributed by atoms with Gasteiger partial charge in [0.15, 0.2) is 0 Å². The molecule has 0 radical (unpaired) electrons. The minimum atomic E-state index is 0.807. The lowest BCUT2D eigenvalue weighted by molar-refractivity contribution is 0.316. The summed E-state index contributed by atoms with van der Waals surface area (Å²) in [5, 5.41) is 14.4. The Balaban J connectivity index is 2.18. The molecule has 90 valence electrons. The molecule has 0 saturated carbocycles. The molecule has 0 atom stereocenters. The maximum absolute atomic E-state index is 8.92. The normalized spacial score (nSPS) is 11.9. The van der Waals surface area contributed by atoms with Crippen LogP contribution in [0, 0.1) is 0 Å². The molecule has 0 aliphatic rings. The molecular weight excluding hydrogens is 218 g/mol. The van der Waals surface area contributed by atoms with Crippen LogP contribution >= 0.6 is 11.3 Å². The first kappa shape index (κ1) is 13.2. The van der Waals surface area contributed by atoms with Gasteiger partial charge < -0.3 is 5.21 Å². The zero-order valence-corrected chi connectivity index (χ0v) is 10.8. The predicted molar refractivity (Wildman–Crippen MR) is 70.6 cm³/mol. The van der Waals surface area contributed by atoms with Crippen LogP contribution in [0.2, 0.25) is 0 Å². The highest BCUT2D eigenvalue weighted by atomic mass is 32.1. The Bertz CT molecular complexity index is 293. The Morgan fingerprint density at radius 3 is 2.75 bits per heavy atom. The molecule has 0 aromatic carbocycles. The van der Waals surface area contributed by atoms with Crippen LogP contribution in [-0.2, 0) is 6.42 Å². The van der Waals surface area contributed by atoms with Gasteiger partial charge in [-0.1, -0.05) is 43.8 Å². The van der Waals surface area contributed by atoms with Gasteiger partial charge in [-0.25, -0.2) is 0 Å². The van der Waals surface area contributed by atoms with E-state index in [0.717, 1.165) is 25.0 Å². The van der Waals surface area contributed by atoms with E-state index < -0.39 is 0 Å². The summed E-state index contributed by atoms with van der Waals surface area (Å²) >= 11 is 1.72. The molecule has 0 spiro atoms. The summed E-state index contributed by atoms with van der Waals surface area (Å²) in [6.07, 6.45) is 8.02. The summed E-state index contributed by atoms with van der Waals surface area (Å²) < 4.78 is 0. The molecule has 0 fully saturated rings. The average molecular weight is 239 g/mol. The Labute approximate surface area is 102 Å². The highest BCUT2D eigenvalue weighted by molar-refractivity contribution is 7.10. The van der Waals surface area contributed by atoms with Gasteiger partial charge in [-0.15, -0.1) is 11.3 Å². The zero-order valence-electron chi connectivity index (χ0n) is 9.98. The summed E-state index contributed by atoms with van der Waals surface area (Å²) in [5.74, 6) is 0. The van der Waals surface area contributed by atoms with Gasteiger partial charge in [-0.05, 0) is 24.3 Å². The van der Waals surface area contributed by atoms with Crippen LogP contribution in [0.5, 0.6) is 0 Å². The van der Waals surface area contributed by atoms with Crippen LogP contribution in [0.3, 0.4) is 0 Å². The van der Waals surface area contributed by atoms with Crippen molar-refractivity contribution in [3.63, 3.8) is 0 Å². The van der Waals surface area contributed by atoms with E-state index in [2.05, 4.69) is 23.5 Å². The van der Waals surface area contributed by atoms with Crippen LogP contribution in [0.25, 0.3) is 0 Å². The maximum Gasteiger partial charge on any atom is 0.0622 e. The summed E-state index contributed by atoms with van der Waals surface area (Å²) in [6, 6.07) is 4.13. The Morgan fingerprint density at radius 2 is 2.12 bits per heavy atom. The lowest BCUT2D eigenvalue weighted by Crippen LogP contribution is -2.02. The molecule has 16 heavy (non-hydrogen) atoms. The molecule has 0 aliphatic carbocycles. The summed E-state index contributed by atoms with van der Waals surface area (Å²) in [4.78, 5) is 1.28. The third kappa shape index (κ3) is 5.31. The van der Waals surface area contributed by atoms with Gasteiger partial charge in [-0.3, -0.25) is 0 Å². The Hall–Kier alpha value is -0.830. The van der Waals surface area contributed by atoms with Gasteiger partial charge >= 0.3 is 0 Å². The van der Waals surface area contributed by atoms with Crippen molar-refractivity contribution in [2.24, 2.45) is 5.16 Å². The van der Waals surface area contributed by atoms with E-state index in [4.69, 9.17) is 5.21 Å². The topological polar surface area (TPSA) is 32.6 Å². The zero-order chi connectivity index (χ0) is 11.6. The summed E-state index contributed by atoms with van der Waals surface area (Å²) in [5.41, 5.74) is 0.916. The largest absolute Gasteiger partial charge is 0.411 e. The fourth-order valence-corrected chi connectivity index (χ4v) is 2.46. The predicted octanol–water partition coefficient (Wildman–Crippen LogP) is 4.48. The van der Waals surface area contributed by atoms with Gasteiger partial charge in [0.25, 0.3) is 0 Å². The molecular formula is C13H21NOS. The lowest BCUT2D eigenvalue weighted by Gasteiger charge is -2.02. The molecule has 1 N–H and O–H groups in total. The van der Waals surface area contributed by atoms with Crippen molar-refractivity contribution < 1.29 is 5.21 Å². The minimum absolute atomic E-state index is 0.807. The number of thiophene rings is 1. The monoisotopic (exact) mass is 239 g/mol. The molecule has 1 rings (SSSR count). The second-order valence-corrected chi connectivity index (χ2v) is 5.12. The molecule has 1 heterocycles. The number of rotatable bonds is 8. The second-order valence-electron chi connectivity index (χ2n) is 4.09. The van der Waals surface area contributed by atoms with Gasteiger partial charge in [0, 0.05) is 11.3 Å². The van der Waals surface area contributed by atoms with E-state index in [9.17, 15) is 0 Å². The highest BCUT2D eigenvalue weighted by Gasteiger charge is 2.03. The van der Waals surface area contributed by atoms with Crippen molar-refractivity contribution in [2.45, 2.75) is 51.9 Å². The first-order valence-corrected chi connectivity index (χ1v) is 6.97. The number of nitrogens with zero attached hydrogens (tertiary/aromatic N) is 1. The molecule has 1 aromatic rings. The van der Waals surface area contributed by atoms with Crippen LogP contribution in [0.1, 0.15) is 50.3 Å². The van der Waals surface area contributed by atoms with Crippen molar-refractivity contribution in [2.75, 3.05) is 0 Å². The van der Waals surface area contributed by atoms with E-state index in [-0.39, 0.29) is 0 Å². The first-order chi connectivity index (χ1) is 7.86. The van der Waals surface area contributed by atoms with E-state index >= 15 is 0 Å². The van der Waals surface area contributed by atoms with Crippen molar-refractivity contribution >= 4 is 17.0 Å². The first-order valence-electron chi connectivity index (χ1n) is 6.09. The van der Waals surface area contributed by atoms with Crippen LogP contribution in [0.15, 0.2) is 22.7 Å². The lowest BCUT2D eigenvalue weighted by atomic mass is 10.1. The number of unbranched alkanes of at least 4 members (excludes halogenated alkanes) is 4. The van der Waals surface area contributed by atoms with E-state index in [1.54, 1.807) is 11.3 Å². The van der Waals surface area contributed by atoms with Gasteiger partial charge in [0.05, 0.1) is 5.71 Å². The molecule has 0 bridgehead atoms. The molecule has 0 unspecified atom stereocenters. The van der Waals surface area contributed by atoms with Crippen LogP contribution in [-0.4, -0.2) is 10.9 Å². The van der Waals surface area contributed by atoms with Crippen molar-refractivity contribution in [1.29, 1.82) is 0 Å². The SMILES string of the molecule is CCCCCCC/C(Cc1cccs1)=N/O. The third-order valence-corrected chi connectivity index (χ3v) is 3.55.